The van der Waals surface area contributed by atoms with Gasteiger partial charge in [0.2, 0.25) is 0 Å². The number of nitrogens with one attached hydrogen (secondary N) is 1. The highest BCUT2D eigenvalue weighted by molar-refractivity contribution is 6.35. The quantitative estimate of drug-likeness (QED) is 0.852. The van der Waals surface area contributed by atoms with E-state index in [1.807, 2.05) is 35.2 Å². The summed E-state index contributed by atoms with van der Waals surface area (Å²) in [5.74, 6) is -1.38. The van der Waals surface area contributed by atoms with Gasteiger partial charge >= 0.3 is 11.8 Å². The summed E-state index contributed by atoms with van der Waals surface area (Å²) in [7, 11) is 0. The fourth-order valence-corrected chi connectivity index (χ4v) is 3.04. The third kappa shape index (κ3) is 4.39. The van der Waals surface area contributed by atoms with Crippen LogP contribution in [0.5, 0.6) is 0 Å². The monoisotopic (exact) mass is 355 g/mol. The Morgan fingerprint density at radius 2 is 1.58 bits per heavy atom. The fraction of sp³-hybridized carbons (Fsp3) is 0.300. The third-order valence-corrected chi connectivity index (χ3v) is 4.50. The molecule has 0 unspecified atom stereocenters. The molecule has 0 saturated carbocycles. The van der Waals surface area contributed by atoms with Gasteiger partial charge < -0.3 is 15.1 Å². The van der Waals surface area contributed by atoms with Crippen molar-refractivity contribution in [2.45, 2.75) is 6.42 Å². The number of hydrogen-bond donors (Lipinski definition) is 1. The molecule has 0 radical (unpaired) electrons. The van der Waals surface area contributed by atoms with Crippen molar-refractivity contribution in [1.29, 1.82) is 0 Å². The average Bonchev–Trinajstić information content (AvgIpc) is 2.69. The number of halogens is 1. The summed E-state index contributed by atoms with van der Waals surface area (Å²) in [6.07, 6.45) is 0.681. The van der Waals surface area contributed by atoms with Crippen LogP contribution in [-0.2, 0) is 16.0 Å². The van der Waals surface area contributed by atoms with E-state index in [1.165, 1.54) is 11.0 Å². The SMILES string of the molecule is O=C(NCCc1ccccc1)C(=O)N1CCN(c2ccccc2F)CC1. The molecule has 6 heteroatoms. The molecule has 0 aliphatic carbocycles. The molecule has 136 valence electrons. The first-order valence-electron chi connectivity index (χ1n) is 8.75. The Bertz CT molecular complexity index is 759. The minimum atomic E-state index is -0.583. The van der Waals surface area contributed by atoms with Gasteiger partial charge in [-0.1, -0.05) is 42.5 Å². The van der Waals surface area contributed by atoms with Gasteiger partial charge in [0, 0.05) is 32.7 Å². The molecule has 0 spiro atoms. The van der Waals surface area contributed by atoms with Crippen LogP contribution in [0.3, 0.4) is 0 Å². The maximum absolute atomic E-state index is 13.9. The summed E-state index contributed by atoms with van der Waals surface area (Å²) in [5, 5.41) is 2.68. The Morgan fingerprint density at radius 3 is 2.27 bits per heavy atom. The van der Waals surface area contributed by atoms with E-state index in [0.29, 0.717) is 44.8 Å². The van der Waals surface area contributed by atoms with E-state index in [2.05, 4.69) is 5.32 Å². The first kappa shape index (κ1) is 17.9. The normalized spacial score (nSPS) is 14.2. The average molecular weight is 355 g/mol. The summed E-state index contributed by atoms with van der Waals surface area (Å²) >= 11 is 0. The maximum Gasteiger partial charge on any atom is 0.312 e. The molecule has 26 heavy (non-hydrogen) atoms. The van der Waals surface area contributed by atoms with Crippen molar-refractivity contribution in [2.75, 3.05) is 37.6 Å². The molecule has 1 saturated heterocycles. The second-order valence-corrected chi connectivity index (χ2v) is 6.22. The van der Waals surface area contributed by atoms with Crippen LogP contribution in [0.15, 0.2) is 54.6 Å². The molecule has 0 aromatic heterocycles. The number of anilines is 1. The van der Waals surface area contributed by atoms with E-state index in [0.717, 1.165) is 5.56 Å². The van der Waals surface area contributed by atoms with Crippen LogP contribution < -0.4 is 10.2 Å². The molecular weight excluding hydrogens is 333 g/mol. The van der Waals surface area contributed by atoms with E-state index in [-0.39, 0.29) is 5.82 Å². The number of piperazine rings is 1. The molecule has 2 aromatic carbocycles. The lowest BCUT2D eigenvalue weighted by Gasteiger charge is -2.35. The highest BCUT2D eigenvalue weighted by Crippen LogP contribution is 2.20. The van der Waals surface area contributed by atoms with E-state index < -0.39 is 11.8 Å². The number of benzene rings is 2. The van der Waals surface area contributed by atoms with Gasteiger partial charge in [0.1, 0.15) is 5.82 Å². The van der Waals surface area contributed by atoms with Crippen LogP contribution in [0.1, 0.15) is 5.56 Å². The highest BCUT2D eigenvalue weighted by Gasteiger charge is 2.26. The molecule has 2 amide bonds. The van der Waals surface area contributed by atoms with Gasteiger partial charge in [0.15, 0.2) is 0 Å². The van der Waals surface area contributed by atoms with Crippen LogP contribution in [0, 0.1) is 5.82 Å². The van der Waals surface area contributed by atoms with Gasteiger partial charge in [-0.05, 0) is 24.1 Å². The van der Waals surface area contributed by atoms with Crippen LogP contribution in [0.4, 0.5) is 10.1 Å². The van der Waals surface area contributed by atoms with E-state index in [1.54, 1.807) is 18.2 Å². The molecule has 0 bridgehead atoms. The first-order valence-corrected chi connectivity index (χ1v) is 8.75. The van der Waals surface area contributed by atoms with Crippen LogP contribution >= 0.6 is 0 Å². The van der Waals surface area contributed by atoms with Crippen molar-refractivity contribution in [1.82, 2.24) is 10.2 Å². The zero-order valence-electron chi connectivity index (χ0n) is 14.5. The minimum absolute atomic E-state index is 0.272. The first-order chi connectivity index (χ1) is 12.6. The topological polar surface area (TPSA) is 52.7 Å². The van der Waals surface area contributed by atoms with Crippen LogP contribution in [0.25, 0.3) is 0 Å². The van der Waals surface area contributed by atoms with E-state index >= 15 is 0 Å². The summed E-state index contributed by atoms with van der Waals surface area (Å²) in [6, 6.07) is 16.4. The maximum atomic E-state index is 13.9. The van der Waals surface area contributed by atoms with Gasteiger partial charge in [-0.3, -0.25) is 9.59 Å². The second kappa shape index (κ2) is 8.47. The van der Waals surface area contributed by atoms with E-state index in [9.17, 15) is 14.0 Å². The number of para-hydroxylation sites is 1. The Kier molecular flexibility index (Phi) is 5.84. The summed E-state index contributed by atoms with van der Waals surface area (Å²) in [6.45, 7) is 2.23. The van der Waals surface area contributed by atoms with Crippen molar-refractivity contribution in [3.05, 3.63) is 66.0 Å². The lowest BCUT2D eigenvalue weighted by Crippen LogP contribution is -2.53. The lowest BCUT2D eigenvalue weighted by atomic mass is 10.1. The molecule has 1 aliphatic heterocycles. The van der Waals surface area contributed by atoms with Crippen LogP contribution in [0.2, 0.25) is 0 Å². The molecule has 1 heterocycles. The van der Waals surface area contributed by atoms with Crippen molar-refractivity contribution >= 4 is 17.5 Å². The van der Waals surface area contributed by atoms with Gasteiger partial charge in [0.25, 0.3) is 0 Å². The Balaban J connectivity index is 1.45. The van der Waals surface area contributed by atoms with Gasteiger partial charge in [-0.15, -0.1) is 0 Å². The predicted molar refractivity (Wildman–Crippen MR) is 98.3 cm³/mol. The van der Waals surface area contributed by atoms with Crippen molar-refractivity contribution in [2.24, 2.45) is 0 Å². The number of carbonyl (C=O) groups excluding carboxylic acids is 2. The van der Waals surface area contributed by atoms with Gasteiger partial charge in [0.05, 0.1) is 5.69 Å². The molecule has 1 fully saturated rings. The third-order valence-electron chi connectivity index (χ3n) is 4.50. The molecule has 1 N–H and O–H groups in total. The second-order valence-electron chi connectivity index (χ2n) is 6.22. The molecule has 5 nitrogen and oxygen atoms in total. The standard InChI is InChI=1S/C20H22FN3O2/c21-17-8-4-5-9-18(17)23-12-14-24(15-13-23)20(26)19(25)22-11-10-16-6-2-1-3-7-16/h1-9H,10-15H2,(H,22,25). The Morgan fingerprint density at radius 1 is 0.923 bits per heavy atom. The molecule has 0 atom stereocenters. The lowest BCUT2D eigenvalue weighted by molar-refractivity contribution is -0.146. The van der Waals surface area contributed by atoms with Crippen molar-refractivity contribution < 1.29 is 14.0 Å². The molecule has 3 rings (SSSR count). The number of carbonyl (C=O) groups is 2. The molecule has 2 aromatic rings. The zero-order chi connectivity index (χ0) is 18.4. The zero-order valence-corrected chi connectivity index (χ0v) is 14.5. The molecule has 1 aliphatic rings. The fourth-order valence-electron chi connectivity index (χ4n) is 3.04. The number of amides is 2. The number of nitrogens with zero attached hydrogens (tertiary/aromatic N) is 2. The Labute approximate surface area is 152 Å². The van der Waals surface area contributed by atoms with Crippen molar-refractivity contribution in [3.8, 4) is 0 Å². The van der Waals surface area contributed by atoms with Gasteiger partial charge in [-0.2, -0.15) is 0 Å². The van der Waals surface area contributed by atoms with Crippen LogP contribution in [-0.4, -0.2) is 49.4 Å². The predicted octanol–water partition coefficient (Wildman–Crippen LogP) is 1.83. The highest BCUT2D eigenvalue weighted by atomic mass is 19.1. The number of rotatable bonds is 4. The number of hydrogen-bond acceptors (Lipinski definition) is 3. The summed E-state index contributed by atoms with van der Waals surface area (Å²) < 4.78 is 13.9. The Hall–Kier alpha value is -2.89. The van der Waals surface area contributed by atoms with E-state index in [4.69, 9.17) is 0 Å². The smallest absolute Gasteiger partial charge is 0.312 e. The summed E-state index contributed by atoms with van der Waals surface area (Å²) in [4.78, 5) is 27.8. The summed E-state index contributed by atoms with van der Waals surface area (Å²) in [5.41, 5.74) is 1.64. The van der Waals surface area contributed by atoms with Crippen molar-refractivity contribution in [3.63, 3.8) is 0 Å². The largest absolute Gasteiger partial charge is 0.366 e. The molecular formula is C20H22FN3O2. The minimum Gasteiger partial charge on any atom is -0.366 e. The van der Waals surface area contributed by atoms with Gasteiger partial charge in [-0.25, -0.2) is 4.39 Å².